The number of rotatable bonds is 12. The molecule has 6 nitrogen and oxygen atoms in total. The fourth-order valence-corrected chi connectivity index (χ4v) is 1.63. The number of nitrogens with zero attached hydrogens (tertiary/aromatic N) is 1. The highest BCUT2D eigenvalue weighted by Crippen LogP contribution is 1.97. The Labute approximate surface area is 115 Å². The third-order valence-electron chi connectivity index (χ3n) is 2.71. The quantitative estimate of drug-likeness (QED) is 0.283. The van der Waals surface area contributed by atoms with E-state index in [4.69, 9.17) is 5.73 Å². The van der Waals surface area contributed by atoms with E-state index in [-0.39, 0.29) is 6.03 Å². The van der Waals surface area contributed by atoms with Gasteiger partial charge in [0.2, 0.25) is 6.08 Å². The Hall–Kier alpha value is -1.39. The number of amides is 2. The summed E-state index contributed by atoms with van der Waals surface area (Å²) in [6, 6.07) is -0.107. The van der Waals surface area contributed by atoms with Crippen LogP contribution in [0.1, 0.15) is 44.9 Å². The summed E-state index contributed by atoms with van der Waals surface area (Å²) in [5.41, 5.74) is 5.39. The van der Waals surface area contributed by atoms with Gasteiger partial charge in [0.15, 0.2) is 0 Å². The second-order valence-electron chi connectivity index (χ2n) is 4.42. The maximum absolute atomic E-state index is 11.4. The summed E-state index contributed by atoms with van der Waals surface area (Å²) in [5, 5.41) is 5.62. The topological polar surface area (TPSA) is 96.6 Å². The number of urea groups is 1. The van der Waals surface area contributed by atoms with E-state index < -0.39 is 0 Å². The fraction of sp³-hybridized carbons (Fsp3) is 0.846. The molecule has 4 N–H and O–H groups in total. The van der Waals surface area contributed by atoms with Gasteiger partial charge in [0.1, 0.15) is 0 Å². The molecule has 0 unspecified atom stereocenters. The van der Waals surface area contributed by atoms with E-state index in [9.17, 15) is 9.59 Å². The number of carbonyl (C=O) groups excluding carboxylic acids is 2. The molecule has 19 heavy (non-hydrogen) atoms. The number of isocyanates is 1. The summed E-state index contributed by atoms with van der Waals surface area (Å²) in [6.45, 7) is 2.64. The second kappa shape index (κ2) is 14.7. The molecule has 0 atom stereocenters. The van der Waals surface area contributed by atoms with Crippen molar-refractivity contribution in [2.24, 2.45) is 10.7 Å². The van der Waals surface area contributed by atoms with E-state index in [0.29, 0.717) is 19.6 Å². The van der Waals surface area contributed by atoms with Gasteiger partial charge in [-0.05, 0) is 38.6 Å². The van der Waals surface area contributed by atoms with E-state index in [2.05, 4.69) is 15.6 Å². The van der Waals surface area contributed by atoms with Crippen molar-refractivity contribution in [2.45, 2.75) is 44.9 Å². The van der Waals surface area contributed by atoms with Crippen molar-refractivity contribution in [1.82, 2.24) is 10.6 Å². The molecule has 0 aliphatic carbocycles. The van der Waals surface area contributed by atoms with E-state index in [0.717, 1.165) is 51.5 Å². The lowest BCUT2D eigenvalue weighted by atomic mass is 10.2. The average molecular weight is 270 g/mol. The van der Waals surface area contributed by atoms with Crippen LogP contribution in [0.2, 0.25) is 0 Å². The monoisotopic (exact) mass is 270 g/mol. The second-order valence-corrected chi connectivity index (χ2v) is 4.42. The number of nitrogens with one attached hydrogen (secondary N) is 2. The Bertz CT molecular complexity index is 265. The van der Waals surface area contributed by atoms with Crippen molar-refractivity contribution in [2.75, 3.05) is 26.2 Å². The Balaban J connectivity index is 3.19. The molecule has 0 aliphatic rings. The molecule has 0 aromatic carbocycles. The van der Waals surface area contributed by atoms with Gasteiger partial charge in [0.05, 0.1) is 6.54 Å². The summed E-state index contributed by atoms with van der Waals surface area (Å²) >= 11 is 0. The highest BCUT2D eigenvalue weighted by atomic mass is 16.2. The molecule has 0 heterocycles. The molecule has 0 aromatic heterocycles. The summed E-state index contributed by atoms with van der Waals surface area (Å²) in [4.78, 5) is 24.6. The number of hydrogen-bond acceptors (Lipinski definition) is 4. The molecule has 2 amide bonds. The van der Waals surface area contributed by atoms with Gasteiger partial charge in [-0.3, -0.25) is 0 Å². The van der Waals surface area contributed by atoms with Crippen molar-refractivity contribution in [3.05, 3.63) is 0 Å². The van der Waals surface area contributed by atoms with Crippen LogP contribution in [0.25, 0.3) is 0 Å². The van der Waals surface area contributed by atoms with Crippen molar-refractivity contribution >= 4 is 12.1 Å². The van der Waals surface area contributed by atoms with Crippen LogP contribution < -0.4 is 16.4 Å². The maximum atomic E-state index is 11.4. The Kier molecular flexibility index (Phi) is 13.6. The third-order valence-corrected chi connectivity index (χ3v) is 2.71. The number of unbranched alkanes of at least 4 members (excludes halogenated alkanes) is 5. The lowest BCUT2D eigenvalue weighted by molar-refractivity contribution is 0.240. The summed E-state index contributed by atoms with van der Waals surface area (Å²) in [6.07, 6.45) is 8.50. The Morgan fingerprint density at radius 3 is 2.11 bits per heavy atom. The van der Waals surface area contributed by atoms with Crippen molar-refractivity contribution in [3.8, 4) is 0 Å². The lowest BCUT2D eigenvalue weighted by Crippen LogP contribution is -2.36. The standard InChI is InChI=1S/C13H26N4O2/c14-8-4-1-2-6-10-16-13(19)17-11-7-3-5-9-15-12-18/h1-11,14H2,(H2,16,17,19). The van der Waals surface area contributed by atoms with Gasteiger partial charge in [0.25, 0.3) is 0 Å². The summed E-state index contributed by atoms with van der Waals surface area (Å²) in [7, 11) is 0. The minimum Gasteiger partial charge on any atom is -0.338 e. The Morgan fingerprint density at radius 1 is 0.947 bits per heavy atom. The molecule has 0 saturated carbocycles. The molecule has 110 valence electrons. The highest BCUT2D eigenvalue weighted by molar-refractivity contribution is 5.73. The van der Waals surface area contributed by atoms with Crippen LogP contribution in [0.4, 0.5) is 4.79 Å². The molecule has 6 heteroatoms. The number of hydrogen-bond donors (Lipinski definition) is 3. The molecular weight excluding hydrogens is 244 g/mol. The first-order valence-corrected chi connectivity index (χ1v) is 7.06. The zero-order valence-electron chi connectivity index (χ0n) is 11.6. The first-order valence-electron chi connectivity index (χ1n) is 7.06. The zero-order chi connectivity index (χ0) is 14.2. The van der Waals surface area contributed by atoms with E-state index in [1.165, 1.54) is 6.08 Å². The largest absolute Gasteiger partial charge is 0.338 e. The van der Waals surface area contributed by atoms with Gasteiger partial charge in [-0.25, -0.2) is 14.6 Å². The van der Waals surface area contributed by atoms with Gasteiger partial charge >= 0.3 is 6.03 Å². The van der Waals surface area contributed by atoms with Crippen molar-refractivity contribution in [3.63, 3.8) is 0 Å². The van der Waals surface area contributed by atoms with Gasteiger partial charge < -0.3 is 16.4 Å². The van der Waals surface area contributed by atoms with Crippen LogP contribution in [0.3, 0.4) is 0 Å². The van der Waals surface area contributed by atoms with Gasteiger partial charge in [-0.2, -0.15) is 0 Å². The SMILES string of the molecule is NCCCCCCNC(=O)NCCCCCN=C=O. The molecular formula is C13H26N4O2. The molecule has 0 radical (unpaired) electrons. The highest BCUT2D eigenvalue weighted by Gasteiger charge is 1.98. The van der Waals surface area contributed by atoms with Crippen LogP contribution in [0.15, 0.2) is 4.99 Å². The van der Waals surface area contributed by atoms with Gasteiger partial charge in [0, 0.05) is 13.1 Å². The van der Waals surface area contributed by atoms with Gasteiger partial charge in [-0.1, -0.05) is 12.8 Å². The van der Waals surface area contributed by atoms with Gasteiger partial charge in [-0.15, -0.1) is 0 Å². The van der Waals surface area contributed by atoms with Crippen LogP contribution in [0, 0.1) is 0 Å². The molecule has 0 rings (SSSR count). The van der Waals surface area contributed by atoms with E-state index in [1.54, 1.807) is 0 Å². The normalized spacial score (nSPS) is 9.74. The fourth-order valence-electron chi connectivity index (χ4n) is 1.63. The number of nitrogens with two attached hydrogens (primary N) is 1. The predicted molar refractivity (Wildman–Crippen MR) is 75.8 cm³/mol. The molecule has 0 spiro atoms. The van der Waals surface area contributed by atoms with E-state index >= 15 is 0 Å². The van der Waals surface area contributed by atoms with Crippen LogP contribution in [0.5, 0.6) is 0 Å². The minimum atomic E-state index is -0.107. The first kappa shape index (κ1) is 17.6. The van der Waals surface area contributed by atoms with Crippen molar-refractivity contribution in [1.29, 1.82) is 0 Å². The smallest absolute Gasteiger partial charge is 0.314 e. The summed E-state index contributed by atoms with van der Waals surface area (Å²) in [5.74, 6) is 0. The Morgan fingerprint density at radius 2 is 1.53 bits per heavy atom. The number of carbonyl (C=O) groups is 1. The molecule has 0 saturated heterocycles. The molecule has 0 bridgehead atoms. The van der Waals surface area contributed by atoms with Crippen molar-refractivity contribution < 1.29 is 9.59 Å². The average Bonchev–Trinajstić information content (AvgIpc) is 2.41. The zero-order valence-corrected chi connectivity index (χ0v) is 11.6. The molecule has 0 aromatic rings. The minimum absolute atomic E-state index is 0.107. The van der Waals surface area contributed by atoms with Crippen LogP contribution in [-0.4, -0.2) is 38.3 Å². The van der Waals surface area contributed by atoms with Crippen LogP contribution >= 0.6 is 0 Å². The first-order chi connectivity index (χ1) is 9.31. The van der Waals surface area contributed by atoms with Crippen LogP contribution in [-0.2, 0) is 4.79 Å². The van der Waals surface area contributed by atoms with E-state index in [1.807, 2.05) is 0 Å². The maximum Gasteiger partial charge on any atom is 0.314 e. The molecule has 0 aliphatic heterocycles. The third kappa shape index (κ3) is 14.6. The summed E-state index contributed by atoms with van der Waals surface area (Å²) < 4.78 is 0. The lowest BCUT2D eigenvalue weighted by Gasteiger charge is -2.07. The molecule has 0 fully saturated rings. The number of aliphatic imine (C=N–C) groups is 1. The predicted octanol–water partition coefficient (Wildman–Crippen LogP) is 1.31.